The largest absolute Gasteiger partial charge is 0.458 e. The van der Waals surface area contributed by atoms with Gasteiger partial charge in [-0.1, -0.05) is 93.0 Å². The summed E-state index contributed by atoms with van der Waals surface area (Å²) in [4.78, 5) is 0. The summed E-state index contributed by atoms with van der Waals surface area (Å²) >= 11 is 1.92. The molecule has 0 saturated heterocycles. The highest BCUT2D eigenvalue weighted by Gasteiger charge is 2.40. The average molecular weight is 466 g/mol. The molecule has 0 N–H and O–H groups in total. The molecule has 6 aromatic rings. The summed E-state index contributed by atoms with van der Waals surface area (Å²) < 4.78 is 9.29. The van der Waals surface area contributed by atoms with Crippen LogP contribution in [-0.2, 0) is 5.41 Å². The average Bonchev–Trinajstić information content (AvgIpc) is 3.24. The lowest BCUT2D eigenvalue weighted by molar-refractivity contribution is 0.486. The second-order valence-electron chi connectivity index (χ2n) is 10.9. The van der Waals surface area contributed by atoms with Crippen LogP contribution in [0.3, 0.4) is 0 Å². The minimum Gasteiger partial charge on any atom is -0.458 e. The fourth-order valence-corrected chi connectivity index (χ4v) is 7.45. The van der Waals surface area contributed by atoms with Gasteiger partial charge in [-0.25, -0.2) is 0 Å². The van der Waals surface area contributed by atoms with Crippen LogP contribution in [0.25, 0.3) is 42.1 Å². The molecular weight excluding hydrogens is 443 g/mol. The van der Waals surface area contributed by atoms with Crippen molar-refractivity contribution >= 4 is 65.4 Å². The lowest BCUT2D eigenvalue weighted by Crippen LogP contribution is -2.57. The summed E-state index contributed by atoms with van der Waals surface area (Å²) in [6.45, 7) is 7.02. The van der Waals surface area contributed by atoms with E-state index < -0.39 is 0 Å². The smallest absolute Gasteiger partial charge is 0.252 e. The molecule has 3 heteroatoms. The van der Waals surface area contributed by atoms with Gasteiger partial charge in [0.2, 0.25) is 0 Å². The topological polar surface area (TPSA) is 9.23 Å². The third-order valence-corrected chi connectivity index (χ3v) is 9.11. The predicted molar refractivity (Wildman–Crippen MR) is 152 cm³/mol. The van der Waals surface area contributed by atoms with E-state index in [0.29, 0.717) is 0 Å². The highest BCUT2D eigenvalue weighted by atomic mass is 32.1. The highest BCUT2D eigenvalue weighted by molar-refractivity contribution is 7.26. The molecule has 0 bridgehead atoms. The molecule has 0 aliphatic carbocycles. The minimum atomic E-state index is 0.0736. The van der Waals surface area contributed by atoms with Crippen LogP contribution in [0.15, 0.2) is 84.9 Å². The Labute approximate surface area is 209 Å². The Bertz CT molecular complexity index is 1870. The molecule has 2 aliphatic heterocycles. The van der Waals surface area contributed by atoms with Crippen molar-refractivity contribution in [3.8, 4) is 22.6 Å². The molecule has 0 spiro atoms. The molecule has 0 radical (unpaired) electrons. The van der Waals surface area contributed by atoms with Gasteiger partial charge in [-0.2, -0.15) is 0 Å². The van der Waals surface area contributed by atoms with Crippen LogP contribution >= 0.6 is 11.3 Å². The minimum absolute atomic E-state index is 0.0736. The Morgan fingerprint density at radius 2 is 1.49 bits per heavy atom. The van der Waals surface area contributed by atoms with Crippen molar-refractivity contribution in [3.63, 3.8) is 0 Å². The zero-order valence-corrected chi connectivity index (χ0v) is 20.8. The van der Waals surface area contributed by atoms with E-state index in [-0.39, 0.29) is 12.1 Å². The van der Waals surface area contributed by atoms with Gasteiger partial charge in [-0.3, -0.25) is 0 Å². The monoisotopic (exact) mass is 466 g/mol. The van der Waals surface area contributed by atoms with Crippen molar-refractivity contribution < 1.29 is 4.74 Å². The van der Waals surface area contributed by atoms with Gasteiger partial charge in [0.25, 0.3) is 6.71 Å². The summed E-state index contributed by atoms with van der Waals surface area (Å²) in [6.07, 6.45) is 0. The number of benzene rings is 5. The van der Waals surface area contributed by atoms with Crippen molar-refractivity contribution in [1.29, 1.82) is 0 Å². The molecule has 8 rings (SSSR count). The van der Waals surface area contributed by atoms with Gasteiger partial charge in [0.1, 0.15) is 11.5 Å². The van der Waals surface area contributed by atoms with Crippen LogP contribution in [0.2, 0.25) is 0 Å². The van der Waals surface area contributed by atoms with E-state index in [4.69, 9.17) is 4.74 Å². The highest BCUT2D eigenvalue weighted by Crippen LogP contribution is 2.43. The van der Waals surface area contributed by atoms with E-state index >= 15 is 0 Å². The Morgan fingerprint density at radius 1 is 0.686 bits per heavy atom. The molecule has 2 aliphatic rings. The molecular formula is C32H23BOS. The number of fused-ring (bicyclic) bond motifs is 8. The lowest BCUT2D eigenvalue weighted by atomic mass is 9.32. The van der Waals surface area contributed by atoms with E-state index in [1.165, 1.54) is 64.0 Å². The molecule has 0 atom stereocenters. The Kier molecular flexibility index (Phi) is 3.69. The maximum Gasteiger partial charge on any atom is 0.252 e. The number of ether oxygens (including phenoxy) is 1. The van der Waals surface area contributed by atoms with Crippen LogP contribution in [0.4, 0.5) is 0 Å². The van der Waals surface area contributed by atoms with Crippen LogP contribution in [-0.4, -0.2) is 6.71 Å². The molecule has 0 amide bonds. The number of hydrogen-bond acceptors (Lipinski definition) is 2. The van der Waals surface area contributed by atoms with E-state index in [1.54, 1.807) is 0 Å². The van der Waals surface area contributed by atoms with E-state index in [9.17, 15) is 0 Å². The molecule has 5 aromatic carbocycles. The van der Waals surface area contributed by atoms with Crippen molar-refractivity contribution in [2.45, 2.75) is 26.2 Å². The summed E-state index contributed by atoms with van der Waals surface area (Å²) in [6, 6.07) is 31.5. The van der Waals surface area contributed by atoms with Crippen molar-refractivity contribution in [2.75, 3.05) is 0 Å². The van der Waals surface area contributed by atoms with Gasteiger partial charge in [0, 0.05) is 20.2 Å². The quantitative estimate of drug-likeness (QED) is 0.217. The third-order valence-electron chi connectivity index (χ3n) is 7.89. The Balaban J connectivity index is 1.56. The van der Waals surface area contributed by atoms with Crippen molar-refractivity contribution in [3.05, 3.63) is 90.5 Å². The first-order valence-corrected chi connectivity index (χ1v) is 13.1. The number of hydrogen-bond donors (Lipinski definition) is 0. The van der Waals surface area contributed by atoms with Gasteiger partial charge in [-0.05, 0) is 62.0 Å². The van der Waals surface area contributed by atoms with Crippen LogP contribution in [0.5, 0.6) is 11.5 Å². The molecule has 1 nitrogen and oxygen atoms in total. The lowest BCUT2D eigenvalue weighted by Gasteiger charge is -2.34. The molecule has 35 heavy (non-hydrogen) atoms. The van der Waals surface area contributed by atoms with E-state index in [1.807, 2.05) is 11.3 Å². The second-order valence-corrected chi connectivity index (χ2v) is 12.0. The third kappa shape index (κ3) is 2.54. The number of rotatable bonds is 0. The molecule has 1 aromatic heterocycles. The first-order chi connectivity index (χ1) is 17.0. The van der Waals surface area contributed by atoms with Gasteiger partial charge in [0.15, 0.2) is 0 Å². The first-order valence-electron chi connectivity index (χ1n) is 12.3. The molecule has 0 unspecified atom stereocenters. The molecule has 166 valence electrons. The normalized spacial score (nSPS) is 13.7. The van der Waals surface area contributed by atoms with Gasteiger partial charge >= 0.3 is 0 Å². The van der Waals surface area contributed by atoms with Gasteiger partial charge in [-0.15, -0.1) is 11.3 Å². The zero-order valence-electron chi connectivity index (χ0n) is 20.0. The van der Waals surface area contributed by atoms with Crippen LogP contribution in [0.1, 0.15) is 26.3 Å². The molecule has 0 saturated carbocycles. The van der Waals surface area contributed by atoms with Crippen molar-refractivity contribution in [1.82, 2.24) is 0 Å². The standard InChI is InChI=1S/C32H23BOS/c1-32(2,3)18-14-15-26-24(16-18)33-25-17-23-19-8-4-5-13-28(19)35-31(23)22-11-6-9-20(29(22)25)21-10-7-12-27(34-26)30(21)33/h4-17H,1-3H3. The first kappa shape index (κ1) is 19.7. The SMILES string of the molecule is CC(C)(C)c1ccc2c(c1)B1c3c(cccc3-c3cccc4c3c1cc1c3ccccc3sc41)O2. The summed E-state index contributed by atoms with van der Waals surface area (Å²) in [5.74, 6) is 1.97. The van der Waals surface area contributed by atoms with Crippen molar-refractivity contribution in [2.24, 2.45) is 0 Å². The fourth-order valence-electron chi connectivity index (χ4n) is 6.24. The van der Waals surface area contributed by atoms with Crippen LogP contribution < -0.4 is 21.1 Å². The number of thiophene rings is 1. The molecule has 3 heterocycles. The fraction of sp³-hybridized carbons (Fsp3) is 0.125. The zero-order chi connectivity index (χ0) is 23.5. The Hall–Kier alpha value is -3.56. The van der Waals surface area contributed by atoms with E-state index in [0.717, 1.165) is 11.5 Å². The predicted octanol–water partition coefficient (Wildman–Crippen LogP) is 7.11. The Morgan fingerprint density at radius 3 is 2.37 bits per heavy atom. The molecule has 0 fully saturated rings. The summed E-state index contributed by atoms with van der Waals surface area (Å²) in [5.41, 5.74) is 8.04. The van der Waals surface area contributed by atoms with Gasteiger partial charge in [0.05, 0.1) is 0 Å². The van der Waals surface area contributed by atoms with E-state index in [2.05, 4.69) is 106 Å². The summed E-state index contributed by atoms with van der Waals surface area (Å²) in [7, 11) is 0. The maximum atomic E-state index is 6.55. The summed E-state index contributed by atoms with van der Waals surface area (Å²) in [5, 5.41) is 5.49. The van der Waals surface area contributed by atoms with Crippen LogP contribution in [0, 0.1) is 0 Å². The van der Waals surface area contributed by atoms with Gasteiger partial charge < -0.3 is 4.74 Å². The second kappa shape index (κ2) is 6.56. The maximum absolute atomic E-state index is 6.55.